The molecule has 1 saturated heterocycles. The Morgan fingerprint density at radius 3 is 2.63 bits per heavy atom. The molecule has 4 nitrogen and oxygen atoms in total. The lowest BCUT2D eigenvalue weighted by Crippen LogP contribution is -2.43. The number of hydrogen-bond acceptors (Lipinski definition) is 2. The van der Waals surface area contributed by atoms with Crippen molar-refractivity contribution in [2.75, 3.05) is 39.3 Å². The summed E-state index contributed by atoms with van der Waals surface area (Å²) in [6, 6.07) is 0. The highest BCUT2D eigenvalue weighted by molar-refractivity contribution is 14.0. The van der Waals surface area contributed by atoms with Gasteiger partial charge in [-0.25, -0.2) is 0 Å². The average Bonchev–Trinajstić information content (AvgIpc) is 2.40. The van der Waals surface area contributed by atoms with Crippen LogP contribution in [0, 0.1) is 5.92 Å². The van der Waals surface area contributed by atoms with Crippen LogP contribution in [0.4, 0.5) is 0 Å². The van der Waals surface area contributed by atoms with Crippen LogP contribution in [0.15, 0.2) is 17.1 Å². The number of aliphatic imine (C=N–C) groups is 1. The minimum Gasteiger partial charge on any atom is -0.370 e. The summed E-state index contributed by atoms with van der Waals surface area (Å²) in [7, 11) is 0. The molecular formula is C14H27IN4. The number of halogens is 1. The van der Waals surface area contributed by atoms with E-state index < -0.39 is 0 Å². The summed E-state index contributed by atoms with van der Waals surface area (Å²) in [4.78, 5) is 9.18. The third kappa shape index (κ3) is 5.69. The first-order valence-electron chi connectivity index (χ1n) is 7.18. The van der Waals surface area contributed by atoms with Crippen molar-refractivity contribution in [1.82, 2.24) is 9.80 Å². The van der Waals surface area contributed by atoms with Gasteiger partial charge in [-0.15, -0.1) is 24.0 Å². The van der Waals surface area contributed by atoms with Gasteiger partial charge < -0.3 is 10.6 Å². The standard InChI is InChI=1S/C14H26N4.HI/c1-13-5-10-18(11-6-13)14(15)16-7-12-17-8-3-2-4-9-17;/h2-3,13H,4-12H2,1H3,(H2,15,16);1H. The predicted octanol–water partition coefficient (Wildman–Crippen LogP) is 1.91. The number of piperidine rings is 1. The first-order valence-corrected chi connectivity index (χ1v) is 7.18. The van der Waals surface area contributed by atoms with Gasteiger partial charge in [0.05, 0.1) is 6.54 Å². The minimum atomic E-state index is 0. The fourth-order valence-electron chi connectivity index (χ4n) is 2.54. The fourth-order valence-corrected chi connectivity index (χ4v) is 2.54. The normalized spacial score (nSPS) is 22.4. The second kappa shape index (κ2) is 8.79. The molecule has 0 unspecified atom stereocenters. The van der Waals surface area contributed by atoms with Gasteiger partial charge >= 0.3 is 0 Å². The molecule has 19 heavy (non-hydrogen) atoms. The van der Waals surface area contributed by atoms with E-state index >= 15 is 0 Å². The van der Waals surface area contributed by atoms with Crippen LogP contribution < -0.4 is 5.73 Å². The van der Waals surface area contributed by atoms with Crippen LogP contribution in [-0.4, -0.2) is 55.0 Å². The molecule has 110 valence electrons. The zero-order chi connectivity index (χ0) is 12.8. The number of hydrogen-bond donors (Lipinski definition) is 1. The molecule has 0 bridgehead atoms. The molecule has 0 saturated carbocycles. The predicted molar refractivity (Wildman–Crippen MR) is 92.1 cm³/mol. The maximum absolute atomic E-state index is 6.05. The largest absolute Gasteiger partial charge is 0.370 e. The summed E-state index contributed by atoms with van der Waals surface area (Å²) in [6.07, 6.45) is 8.15. The third-order valence-electron chi connectivity index (χ3n) is 3.94. The van der Waals surface area contributed by atoms with Crippen LogP contribution in [0.25, 0.3) is 0 Å². The smallest absolute Gasteiger partial charge is 0.191 e. The summed E-state index contributed by atoms with van der Waals surface area (Å²) in [6.45, 7) is 8.53. The molecule has 0 aliphatic carbocycles. The lowest BCUT2D eigenvalue weighted by atomic mass is 10.00. The van der Waals surface area contributed by atoms with E-state index in [4.69, 9.17) is 5.73 Å². The van der Waals surface area contributed by atoms with Crippen LogP contribution in [0.3, 0.4) is 0 Å². The maximum atomic E-state index is 6.05. The molecule has 5 heteroatoms. The summed E-state index contributed by atoms with van der Waals surface area (Å²) in [5.74, 6) is 1.59. The van der Waals surface area contributed by atoms with Gasteiger partial charge in [-0.2, -0.15) is 0 Å². The Hall–Kier alpha value is -0.300. The lowest BCUT2D eigenvalue weighted by molar-refractivity contribution is 0.276. The number of rotatable bonds is 3. The molecule has 0 aromatic carbocycles. The van der Waals surface area contributed by atoms with Crippen molar-refractivity contribution in [3.8, 4) is 0 Å². The summed E-state index contributed by atoms with van der Waals surface area (Å²) < 4.78 is 0. The van der Waals surface area contributed by atoms with E-state index in [2.05, 4.69) is 33.9 Å². The topological polar surface area (TPSA) is 44.9 Å². The van der Waals surface area contributed by atoms with Crippen LogP contribution in [0.1, 0.15) is 26.2 Å². The van der Waals surface area contributed by atoms with Crippen LogP contribution in [0.5, 0.6) is 0 Å². The Kier molecular flexibility index (Phi) is 7.75. The molecule has 2 aliphatic rings. The van der Waals surface area contributed by atoms with E-state index in [0.29, 0.717) is 0 Å². The molecule has 0 spiro atoms. The Labute approximate surface area is 134 Å². The van der Waals surface area contributed by atoms with Gasteiger partial charge in [0.25, 0.3) is 0 Å². The Morgan fingerprint density at radius 2 is 2.00 bits per heavy atom. The van der Waals surface area contributed by atoms with Crippen LogP contribution >= 0.6 is 24.0 Å². The zero-order valence-electron chi connectivity index (χ0n) is 11.9. The zero-order valence-corrected chi connectivity index (χ0v) is 14.3. The molecule has 0 atom stereocenters. The summed E-state index contributed by atoms with van der Waals surface area (Å²) in [5, 5.41) is 0. The first-order chi connectivity index (χ1) is 8.75. The minimum absolute atomic E-state index is 0. The van der Waals surface area contributed by atoms with E-state index in [0.717, 1.165) is 51.1 Å². The monoisotopic (exact) mass is 378 g/mol. The molecule has 0 amide bonds. The van der Waals surface area contributed by atoms with Crippen molar-refractivity contribution in [3.05, 3.63) is 12.2 Å². The number of guanidine groups is 1. The lowest BCUT2D eigenvalue weighted by Gasteiger charge is -2.31. The van der Waals surface area contributed by atoms with E-state index in [-0.39, 0.29) is 24.0 Å². The third-order valence-corrected chi connectivity index (χ3v) is 3.94. The quantitative estimate of drug-likeness (QED) is 0.353. The Bertz CT molecular complexity index is 309. The van der Waals surface area contributed by atoms with Gasteiger partial charge in [0.15, 0.2) is 5.96 Å². The molecule has 2 heterocycles. The molecule has 0 aromatic rings. The molecule has 2 rings (SSSR count). The van der Waals surface area contributed by atoms with Crippen molar-refractivity contribution >= 4 is 29.9 Å². The second-order valence-corrected chi connectivity index (χ2v) is 5.47. The van der Waals surface area contributed by atoms with E-state index in [1.165, 1.54) is 19.3 Å². The highest BCUT2D eigenvalue weighted by Gasteiger charge is 2.16. The molecule has 2 N–H and O–H groups in total. The number of nitrogens with two attached hydrogens (primary N) is 1. The Morgan fingerprint density at radius 1 is 1.26 bits per heavy atom. The van der Waals surface area contributed by atoms with Gasteiger partial charge in [-0.1, -0.05) is 19.1 Å². The van der Waals surface area contributed by atoms with Gasteiger partial charge in [-0.3, -0.25) is 9.89 Å². The van der Waals surface area contributed by atoms with Crippen LogP contribution in [-0.2, 0) is 0 Å². The average molecular weight is 378 g/mol. The van der Waals surface area contributed by atoms with Gasteiger partial charge in [0.1, 0.15) is 0 Å². The molecule has 2 aliphatic heterocycles. The molecular weight excluding hydrogens is 351 g/mol. The van der Waals surface area contributed by atoms with Gasteiger partial charge in [0.2, 0.25) is 0 Å². The summed E-state index contributed by atoms with van der Waals surface area (Å²) in [5.41, 5.74) is 6.05. The highest BCUT2D eigenvalue weighted by atomic mass is 127. The van der Waals surface area contributed by atoms with E-state index in [1.54, 1.807) is 0 Å². The number of nitrogens with zero attached hydrogens (tertiary/aromatic N) is 3. The molecule has 0 aromatic heterocycles. The van der Waals surface area contributed by atoms with Crippen molar-refractivity contribution in [1.29, 1.82) is 0 Å². The van der Waals surface area contributed by atoms with Gasteiger partial charge in [0, 0.05) is 32.7 Å². The fraction of sp³-hybridized carbons (Fsp3) is 0.786. The van der Waals surface area contributed by atoms with E-state index in [1.807, 2.05) is 0 Å². The Balaban J connectivity index is 0.00000180. The maximum Gasteiger partial charge on any atom is 0.191 e. The first kappa shape index (κ1) is 16.8. The van der Waals surface area contributed by atoms with E-state index in [9.17, 15) is 0 Å². The van der Waals surface area contributed by atoms with Crippen molar-refractivity contribution in [2.24, 2.45) is 16.6 Å². The highest BCUT2D eigenvalue weighted by Crippen LogP contribution is 2.15. The molecule has 1 fully saturated rings. The van der Waals surface area contributed by atoms with Crippen molar-refractivity contribution in [3.63, 3.8) is 0 Å². The number of likely N-dealkylation sites (tertiary alicyclic amines) is 1. The SMILES string of the molecule is CC1CCN(C(N)=NCCN2CC=CCC2)CC1.I. The van der Waals surface area contributed by atoms with Crippen molar-refractivity contribution < 1.29 is 0 Å². The molecule has 0 radical (unpaired) electrons. The van der Waals surface area contributed by atoms with Crippen molar-refractivity contribution in [2.45, 2.75) is 26.2 Å². The summed E-state index contributed by atoms with van der Waals surface area (Å²) >= 11 is 0. The second-order valence-electron chi connectivity index (χ2n) is 5.47. The van der Waals surface area contributed by atoms with Crippen LogP contribution in [0.2, 0.25) is 0 Å². The van der Waals surface area contributed by atoms with Gasteiger partial charge in [-0.05, 0) is 25.2 Å².